The van der Waals surface area contributed by atoms with E-state index in [0.717, 1.165) is 43.6 Å². The van der Waals surface area contributed by atoms with Gasteiger partial charge in [0.05, 0.1) is 17.7 Å². The highest BCUT2D eigenvalue weighted by Crippen LogP contribution is 2.22. The van der Waals surface area contributed by atoms with Crippen LogP contribution in [0.25, 0.3) is 10.9 Å². The summed E-state index contributed by atoms with van der Waals surface area (Å²) in [6.07, 6.45) is 6.09. The first-order valence-corrected chi connectivity index (χ1v) is 7.35. The molecule has 0 bridgehead atoms. The van der Waals surface area contributed by atoms with Crippen LogP contribution in [0.15, 0.2) is 30.7 Å². The Bertz CT molecular complexity index is 639. The van der Waals surface area contributed by atoms with Crippen LogP contribution in [0.2, 0.25) is 0 Å². The summed E-state index contributed by atoms with van der Waals surface area (Å²) in [7, 11) is 0. The molecule has 21 heavy (non-hydrogen) atoms. The van der Waals surface area contributed by atoms with Crippen molar-refractivity contribution < 1.29 is 9.53 Å². The highest BCUT2D eigenvalue weighted by atomic mass is 16.5. The average molecular weight is 285 g/mol. The number of pyridine rings is 2. The van der Waals surface area contributed by atoms with E-state index in [4.69, 9.17) is 4.74 Å². The fraction of sp³-hybridized carbons (Fsp3) is 0.438. The van der Waals surface area contributed by atoms with Crippen molar-refractivity contribution >= 4 is 16.8 Å². The molecule has 3 heterocycles. The van der Waals surface area contributed by atoms with Gasteiger partial charge in [-0.25, -0.2) is 0 Å². The number of amides is 1. The zero-order valence-electron chi connectivity index (χ0n) is 12.2. The first-order chi connectivity index (χ1) is 10.3. The molecule has 2 aromatic heterocycles. The summed E-state index contributed by atoms with van der Waals surface area (Å²) in [5.74, 6) is 0.509. The molecular weight excluding hydrogens is 266 g/mol. The van der Waals surface area contributed by atoms with Crippen molar-refractivity contribution in [2.24, 2.45) is 5.92 Å². The van der Waals surface area contributed by atoms with E-state index in [1.165, 1.54) is 0 Å². The van der Waals surface area contributed by atoms with E-state index in [2.05, 4.69) is 9.97 Å². The van der Waals surface area contributed by atoms with Gasteiger partial charge in [0.15, 0.2) is 0 Å². The second kappa shape index (κ2) is 6.18. The number of carbonyl (C=O) groups is 1. The highest BCUT2D eigenvalue weighted by Gasteiger charge is 2.27. The summed E-state index contributed by atoms with van der Waals surface area (Å²) >= 11 is 0. The third kappa shape index (κ3) is 2.88. The molecule has 110 valence electrons. The SMILES string of the molecule is CCOCC1CCN(C(=O)c2ccnc3ccncc23)C1. The Morgan fingerprint density at radius 3 is 3.19 bits per heavy atom. The minimum atomic E-state index is 0.0643. The lowest BCUT2D eigenvalue weighted by molar-refractivity contribution is 0.0764. The van der Waals surface area contributed by atoms with Gasteiger partial charge < -0.3 is 9.64 Å². The Kier molecular flexibility index (Phi) is 4.10. The van der Waals surface area contributed by atoms with Crippen LogP contribution in [0.4, 0.5) is 0 Å². The number of fused-ring (bicyclic) bond motifs is 1. The van der Waals surface area contributed by atoms with Gasteiger partial charge >= 0.3 is 0 Å². The van der Waals surface area contributed by atoms with Gasteiger partial charge in [-0.1, -0.05) is 0 Å². The van der Waals surface area contributed by atoms with Crippen LogP contribution in [-0.4, -0.2) is 47.1 Å². The molecule has 0 aromatic carbocycles. The van der Waals surface area contributed by atoms with E-state index < -0.39 is 0 Å². The second-order valence-corrected chi connectivity index (χ2v) is 5.32. The molecule has 2 aromatic rings. The largest absolute Gasteiger partial charge is 0.381 e. The summed E-state index contributed by atoms with van der Waals surface area (Å²) in [4.78, 5) is 23.0. The number of hydrogen-bond donors (Lipinski definition) is 0. The summed E-state index contributed by atoms with van der Waals surface area (Å²) in [5, 5.41) is 0.818. The van der Waals surface area contributed by atoms with E-state index in [1.807, 2.05) is 17.9 Å². The molecule has 5 nitrogen and oxygen atoms in total. The van der Waals surface area contributed by atoms with E-state index in [1.54, 1.807) is 24.7 Å². The molecule has 5 heteroatoms. The zero-order valence-corrected chi connectivity index (χ0v) is 12.2. The quantitative estimate of drug-likeness (QED) is 0.863. The maximum atomic E-state index is 12.7. The monoisotopic (exact) mass is 285 g/mol. The average Bonchev–Trinajstić information content (AvgIpc) is 3.00. The van der Waals surface area contributed by atoms with Crippen molar-refractivity contribution in [2.45, 2.75) is 13.3 Å². The number of hydrogen-bond acceptors (Lipinski definition) is 4. The predicted octanol–water partition coefficient (Wildman–Crippen LogP) is 2.13. The maximum absolute atomic E-state index is 12.7. The molecule has 0 N–H and O–H groups in total. The molecule has 1 atom stereocenters. The molecule has 1 amide bonds. The molecular formula is C16H19N3O2. The van der Waals surface area contributed by atoms with Gasteiger partial charge in [0.1, 0.15) is 0 Å². The number of ether oxygens (including phenoxy) is 1. The number of likely N-dealkylation sites (tertiary alicyclic amines) is 1. The van der Waals surface area contributed by atoms with Gasteiger partial charge in [0.25, 0.3) is 5.91 Å². The fourth-order valence-electron chi connectivity index (χ4n) is 2.78. The van der Waals surface area contributed by atoms with Gasteiger partial charge in [-0.2, -0.15) is 0 Å². The molecule has 3 rings (SSSR count). The lowest BCUT2D eigenvalue weighted by Gasteiger charge is -2.17. The van der Waals surface area contributed by atoms with Gasteiger partial charge in [-0.3, -0.25) is 14.8 Å². The molecule has 0 spiro atoms. The molecule has 1 unspecified atom stereocenters. The Morgan fingerprint density at radius 1 is 1.43 bits per heavy atom. The maximum Gasteiger partial charge on any atom is 0.254 e. The number of rotatable bonds is 4. The fourth-order valence-corrected chi connectivity index (χ4v) is 2.78. The second-order valence-electron chi connectivity index (χ2n) is 5.32. The third-order valence-electron chi connectivity index (χ3n) is 3.90. The van der Waals surface area contributed by atoms with E-state index in [0.29, 0.717) is 11.5 Å². The Hall–Kier alpha value is -2.01. The Balaban J connectivity index is 1.79. The zero-order chi connectivity index (χ0) is 14.7. The molecule has 0 saturated carbocycles. The van der Waals surface area contributed by atoms with Gasteiger partial charge in [0, 0.05) is 49.6 Å². The smallest absolute Gasteiger partial charge is 0.254 e. The van der Waals surface area contributed by atoms with Gasteiger partial charge in [-0.15, -0.1) is 0 Å². The number of carbonyl (C=O) groups excluding carboxylic acids is 1. The topological polar surface area (TPSA) is 55.3 Å². The lowest BCUT2D eigenvalue weighted by Crippen LogP contribution is -2.29. The molecule has 1 aliphatic rings. The highest BCUT2D eigenvalue weighted by molar-refractivity contribution is 6.05. The summed E-state index contributed by atoms with van der Waals surface area (Å²) in [6, 6.07) is 3.61. The molecule has 1 saturated heterocycles. The lowest BCUT2D eigenvalue weighted by atomic mass is 10.1. The molecule has 0 radical (unpaired) electrons. The minimum Gasteiger partial charge on any atom is -0.381 e. The van der Waals surface area contributed by atoms with Crippen LogP contribution in [0, 0.1) is 5.92 Å². The van der Waals surface area contributed by atoms with E-state index in [-0.39, 0.29) is 5.91 Å². The van der Waals surface area contributed by atoms with E-state index in [9.17, 15) is 4.79 Å². The van der Waals surface area contributed by atoms with Crippen LogP contribution >= 0.6 is 0 Å². The van der Waals surface area contributed by atoms with Crippen LogP contribution in [0.3, 0.4) is 0 Å². The first kappa shape index (κ1) is 13.9. The Labute approximate surface area is 124 Å². The molecule has 1 aliphatic heterocycles. The summed E-state index contributed by atoms with van der Waals surface area (Å²) in [5.41, 5.74) is 1.49. The Morgan fingerprint density at radius 2 is 2.33 bits per heavy atom. The van der Waals surface area contributed by atoms with Crippen LogP contribution in [0.1, 0.15) is 23.7 Å². The van der Waals surface area contributed by atoms with Crippen molar-refractivity contribution in [3.8, 4) is 0 Å². The van der Waals surface area contributed by atoms with Crippen LogP contribution < -0.4 is 0 Å². The normalized spacial score (nSPS) is 18.3. The van der Waals surface area contributed by atoms with Crippen molar-refractivity contribution in [3.63, 3.8) is 0 Å². The number of nitrogens with zero attached hydrogens (tertiary/aromatic N) is 3. The summed E-state index contributed by atoms with van der Waals surface area (Å²) in [6.45, 7) is 5.02. The standard InChI is InChI=1S/C16H19N3O2/c1-2-21-11-12-5-8-19(10-12)16(20)13-3-7-18-15-4-6-17-9-14(13)15/h3-4,6-7,9,12H,2,5,8,10-11H2,1H3. The van der Waals surface area contributed by atoms with Crippen molar-refractivity contribution in [1.82, 2.24) is 14.9 Å². The van der Waals surface area contributed by atoms with Crippen molar-refractivity contribution in [3.05, 3.63) is 36.3 Å². The van der Waals surface area contributed by atoms with E-state index >= 15 is 0 Å². The van der Waals surface area contributed by atoms with Crippen LogP contribution in [0.5, 0.6) is 0 Å². The van der Waals surface area contributed by atoms with Gasteiger partial charge in [-0.05, 0) is 25.5 Å². The van der Waals surface area contributed by atoms with Crippen LogP contribution in [-0.2, 0) is 4.74 Å². The predicted molar refractivity (Wildman–Crippen MR) is 80.0 cm³/mol. The minimum absolute atomic E-state index is 0.0643. The third-order valence-corrected chi connectivity index (χ3v) is 3.90. The number of aromatic nitrogens is 2. The van der Waals surface area contributed by atoms with Crippen molar-refractivity contribution in [1.29, 1.82) is 0 Å². The molecule has 1 fully saturated rings. The molecule has 0 aliphatic carbocycles. The van der Waals surface area contributed by atoms with Crippen molar-refractivity contribution in [2.75, 3.05) is 26.3 Å². The summed E-state index contributed by atoms with van der Waals surface area (Å²) < 4.78 is 5.46. The van der Waals surface area contributed by atoms with Gasteiger partial charge in [0.2, 0.25) is 0 Å². The first-order valence-electron chi connectivity index (χ1n) is 7.35.